The van der Waals surface area contributed by atoms with Crippen molar-refractivity contribution in [3.8, 4) is 0 Å². The number of para-hydroxylation sites is 1. The molecule has 3 nitrogen and oxygen atoms in total. The van der Waals surface area contributed by atoms with Gasteiger partial charge in [-0.05, 0) is 25.0 Å². The van der Waals surface area contributed by atoms with E-state index in [4.69, 9.17) is 4.74 Å². The number of anilines is 1. The first-order valence-electron chi connectivity index (χ1n) is 6.48. The maximum absolute atomic E-state index is 11.8. The second-order valence-corrected chi connectivity index (χ2v) is 4.75. The average molecular weight is 249 g/mol. The first-order valence-corrected chi connectivity index (χ1v) is 6.48. The van der Waals surface area contributed by atoms with Crippen molar-refractivity contribution in [1.29, 1.82) is 0 Å². The van der Waals surface area contributed by atoms with Crippen LogP contribution in [0.25, 0.3) is 0 Å². The van der Waals surface area contributed by atoms with Crippen LogP contribution in [0, 0.1) is 11.8 Å². The molecule has 0 aliphatic carbocycles. The fraction of sp³-hybridized carbons (Fsp3) is 0.533. The molecule has 0 amide bonds. The highest BCUT2D eigenvalue weighted by Gasteiger charge is 2.25. The minimum absolute atomic E-state index is 0.0878. The molecule has 0 heterocycles. The average Bonchev–Trinajstić information content (AvgIpc) is 2.39. The van der Waals surface area contributed by atoms with Crippen molar-refractivity contribution in [3.63, 3.8) is 0 Å². The van der Waals surface area contributed by atoms with Crippen LogP contribution in [0.1, 0.15) is 20.8 Å². The fourth-order valence-electron chi connectivity index (χ4n) is 2.00. The number of benzene rings is 1. The predicted octanol–water partition coefficient (Wildman–Crippen LogP) is 2.96. The van der Waals surface area contributed by atoms with E-state index < -0.39 is 0 Å². The van der Waals surface area contributed by atoms with Crippen LogP contribution in [0.15, 0.2) is 30.3 Å². The zero-order chi connectivity index (χ0) is 13.5. The van der Waals surface area contributed by atoms with E-state index >= 15 is 0 Å². The van der Waals surface area contributed by atoms with Gasteiger partial charge in [0.05, 0.1) is 13.0 Å². The van der Waals surface area contributed by atoms with Crippen LogP contribution in [0.5, 0.6) is 0 Å². The van der Waals surface area contributed by atoms with Crippen molar-refractivity contribution in [3.05, 3.63) is 30.3 Å². The lowest BCUT2D eigenvalue weighted by molar-refractivity contribution is -0.146. The number of methoxy groups -OCH3 is 1. The molecular formula is C15H23NO2. The molecule has 0 saturated heterocycles. The molecule has 0 aliphatic rings. The van der Waals surface area contributed by atoms with Crippen LogP contribution in [-0.2, 0) is 9.53 Å². The number of carbonyl (C=O) groups excluding carboxylic acids is 1. The first-order chi connectivity index (χ1) is 8.60. The number of hydrogen-bond donors (Lipinski definition) is 0. The summed E-state index contributed by atoms with van der Waals surface area (Å²) in [4.78, 5) is 14.0. The van der Waals surface area contributed by atoms with Crippen LogP contribution in [0.2, 0.25) is 0 Å². The highest BCUT2D eigenvalue weighted by molar-refractivity contribution is 5.73. The first kappa shape index (κ1) is 14.6. The molecule has 3 heteroatoms. The lowest BCUT2D eigenvalue weighted by atomic mass is 9.95. The van der Waals surface area contributed by atoms with Gasteiger partial charge in [-0.3, -0.25) is 4.79 Å². The molecule has 18 heavy (non-hydrogen) atoms. The Labute approximate surface area is 110 Å². The number of rotatable bonds is 6. The Balaban J connectivity index is 2.81. The lowest BCUT2D eigenvalue weighted by Gasteiger charge is -2.29. The molecule has 1 aromatic carbocycles. The molecule has 0 radical (unpaired) electrons. The van der Waals surface area contributed by atoms with Gasteiger partial charge in [0.25, 0.3) is 0 Å². The quantitative estimate of drug-likeness (QED) is 0.726. The van der Waals surface area contributed by atoms with Crippen molar-refractivity contribution >= 4 is 11.7 Å². The summed E-state index contributed by atoms with van der Waals surface area (Å²) >= 11 is 0. The summed E-state index contributed by atoms with van der Waals surface area (Å²) in [5.41, 5.74) is 1.15. The van der Waals surface area contributed by atoms with Crippen molar-refractivity contribution in [2.45, 2.75) is 20.8 Å². The fourth-order valence-corrected chi connectivity index (χ4v) is 2.00. The van der Waals surface area contributed by atoms with Crippen LogP contribution in [-0.4, -0.2) is 26.2 Å². The van der Waals surface area contributed by atoms with Crippen molar-refractivity contribution in [2.24, 2.45) is 11.8 Å². The number of ether oxygens (including phenoxy) is 1. The Morgan fingerprint density at radius 3 is 2.33 bits per heavy atom. The molecule has 0 aliphatic heterocycles. The Morgan fingerprint density at radius 1 is 1.28 bits per heavy atom. The molecule has 0 spiro atoms. The molecular weight excluding hydrogens is 226 g/mol. The van der Waals surface area contributed by atoms with Gasteiger partial charge in [-0.2, -0.15) is 0 Å². The zero-order valence-electron chi connectivity index (χ0n) is 11.7. The van der Waals surface area contributed by atoms with Gasteiger partial charge in [0, 0.05) is 18.8 Å². The highest BCUT2D eigenvalue weighted by atomic mass is 16.5. The van der Waals surface area contributed by atoms with E-state index in [1.54, 1.807) is 0 Å². The van der Waals surface area contributed by atoms with Crippen LogP contribution < -0.4 is 4.90 Å². The largest absolute Gasteiger partial charge is 0.469 e. The lowest BCUT2D eigenvalue weighted by Crippen LogP contribution is -2.36. The van der Waals surface area contributed by atoms with Gasteiger partial charge in [0.15, 0.2) is 0 Å². The van der Waals surface area contributed by atoms with Crippen LogP contribution in [0.3, 0.4) is 0 Å². The summed E-state index contributed by atoms with van der Waals surface area (Å²) in [6.07, 6.45) is 0. The van der Waals surface area contributed by atoms with Gasteiger partial charge in [-0.1, -0.05) is 32.0 Å². The monoisotopic (exact) mass is 249 g/mol. The number of esters is 1. The van der Waals surface area contributed by atoms with Gasteiger partial charge >= 0.3 is 5.97 Å². The molecule has 0 bridgehead atoms. The molecule has 1 unspecified atom stereocenters. The van der Waals surface area contributed by atoms with Gasteiger partial charge in [-0.25, -0.2) is 0 Å². The Bertz CT molecular complexity index is 362. The van der Waals surface area contributed by atoms with E-state index in [1.165, 1.54) is 7.11 Å². The van der Waals surface area contributed by atoms with E-state index in [2.05, 4.69) is 37.8 Å². The van der Waals surface area contributed by atoms with Crippen LogP contribution in [0.4, 0.5) is 5.69 Å². The third-order valence-electron chi connectivity index (χ3n) is 3.23. The molecule has 1 aromatic rings. The highest BCUT2D eigenvalue weighted by Crippen LogP contribution is 2.19. The Kier molecular flexibility index (Phi) is 5.69. The molecule has 0 fully saturated rings. The van der Waals surface area contributed by atoms with E-state index in [-0.39, 0.29) is 17.8 Å². The third kappa shape index (κ3) is 3.76. The summed E-state index contributed by atoms with van der Waals surface area (Å²) in [5.74, 6) is 0.0600. The van der Waals surface area contributed by atoms with Gasteiger partial charge in [0.1, 0.15) is 0 Å². The minimum Gasteiger partial charge on any atom is -0.469 e. The van der Waals surface area contributed by atoms with E-state index in [0.717, 1.165) is 12.2 Å². The summed E-state index contributed by atoms with van der Waals surface area (Å²) in [6.45, 7) is 7.79. The van der Waals surface area contributed by atoms with Crippen LogP contribution >= 0.6 is 0 Å². The Morgan fingerprint density at radius 2 is 1.89 bits per heavy atom. The van der Waals surface area contributed by atoms with E-state index in [1.807, 2.05) is 18.2 Å². The summed E-state index contributed by atoms with van der Waals surface area (Å²) in [6, 6.07) is 10.2. The van der Waals surface area contributed by atoms with Crippen molar-refractivity contribution < 1.29 is 9.53 Å². The summed E-state index contributed by atoms with van der Waals surface area (Å²) in [5, 5.41) is 0. The predicted molar refractivity (Wildman–Crippen MR) is 74.7 cm³/mol. The molecule has 0 N–H and O–H groups in total. The summed E-state index contributed by atoms with van der Waals surface area (Å²) in [7, 11) is 1.45. The van der Waals surface area contributed by atoms with Crippen molar-refractivity contribution in [2.75, 3.05) is 25.1 Å². The number of nitrogens with zero attached hydrogens (tertiary/aromatic N) is 1. The number of carbonyl (C=O) groups is 1. The molecule has 0 aromatic heterocycles. The minimum atomic E-state index is -0.126. The van der Waals surface area contributed by atoms with E-state index in [9.17, 15) is 4.79 Å². The topological polar surface area (TPSA) is 29.5 Å². The van der Waals surface area contributed by atoms with Gasteiger partial charge in [0.2, 0.25) is 0 Å². The SMILES string of the molecule is CCN(CC(C(=O)OC)C(C)C)c1ccccc1. The summed E-state index contributed by atoms with van der Waals surface area (Å²) < 4.78 is 4.89. The molecule has 0 saturated carbocycles. The number of hydrogen-bond acceptors (Lipinski definition) is 3. The van der Waals surface area contributed by atoms with Gasteiger partial charge < -0.3 is 9.64 Å². The standard InChI is InChI=1S/C15H23NO2/c1-5-16(13-9-7-6-8-10-13)11-14(12(2)3)15(17)18-4/h6-10,12,14H,5,11H2,1-4H3. The maximum Gasteiger partial charge on any atom is 0.310 e. The Hall–Kier alpha value is -1.51. The van der Waals surface area contributed by atoms with Crippen molar-refractivity contribution in [1.82, 2.24) is 0 Å². The second kappa shape index (κ2) is 7.04. The third-order valence-corrected chi connectivity index (χ3v) is 3.23. The molecule has 100 valence electrons. The van der Waals surface area contributed by atoms with E-state index in [0.29, 0.717) is 6.54 Å². The normalized spacial score (nSPS) is 12.3. The zero-order valence-corrected chi connectivity index (χ0v) is 11.7. The smallest absolute Gasteiger partial charge is 0.310 e. The molecule has 1 rings (SSSR count). The maximum atomic E-state index is 11.8. The second-order valence-electron chi connectivity index (χ2n) is 4.75. The molecule has 1 atom stereocenters. The van der Waals surface area contributed by atoms with Gasteiger partial charge in [-0.15, -0.1) is 0 Å².